The van der Waals surface area contributed by atoms with Crippen molar-refractivity contribution in [2.24, 2.45) is 28.8 Å². The van der Waals surface area contributed by atoms with Crippen LogP contribution in [0.25, 0.3) is 10.8 Å². The van der Waals surface area contributed by atoms with Crippen molar-refractivity contribution in [2.75, 3.05) is 78.5 Å². The van der Waals surface area contributed by atoms with Crippen molar-refractivity contribution in [3.63, 3.8) is 0 Å². The second kappa shape index (κ2) is 25.9. The summed E-state index contributed by atoms with van der Waals surface area (Å²) in [5, 5.41) is 66.8. The van der Waals surface area contributed by atoms with Gasteiger partial charge in [-0.2, -0.15) is 10.1 Å². The maximum absolute atomic E-state index is 14.4. The van der Waals surface area contributed by atoms with Crippen LogP contribution in [0.3, 0.4) is 0 Å². The lowest BCUT2D eigenvalue weighted by atomic mass is 9.78. The molecule has 1 amide bonds. The van der Waals surface area contributed by atoms with Crippen LogP contribution in [0, 0.1) is 30.6 Å². The Morgan fingerprint density at radius 3 is 2.14 bits per heavy atom. The molecular weight excluding hydrogens is 1040 g/mol. The Bertz CT molecular complexity index is 3040. The molecule has 9 atom stereocenters. The number of aromatic hydroxyl groups is 3. The van der Waals surface area contributed by atoms with E-state index in [0.29, 0.717) is 42.6 Å². The molecule has 8 rings (SSSR count). The molecule has 0 unspecified atom stereocenters. The van der Waals surface area contributed by atoms with Gasteiger partial charge in [0.25, 0.3) is 11.7 Å². The number of phenolic OH excluding ortho intramolecular Hbond substituents is 3. The highest BCUT2D eigenvalue weighted by atomic mass is 16.7. The number of nitrogens with one attached hydrogen (secondary N) is 1. The first kappa shape index (κ1) is 61.4. The summed E-state index contributed by atoms with van der Waals surface area (Å²) in [5.74, 6) is -6.11. The molecule has 10 N–H and O–H groups in total. The van der Waals surface area contributed by atoms with Crippen LogP contribution in [0.1, 0.15) is 81.1 Å². The van der Waals surface area contributed by atoms with Gasteiger partial charge >= 0.3 is 11.8 Å². The number of carbonyl (C=O) groups is 3. The predicted octanol–water partition coefficient (Wildman–Crippen LogP) is 5.59. The molecule has 5 bridgehead atoms. The van der Waals surface area contributed by atoms with Gasteiger partial charge in [0.2, 0.25) is 11.7 Å². The number of allylic oxidation sites excluding steroid dienone is 2. The molecule has 0 saturated carbocycles. The lowest BCUT2D eigenvalue weighted by Gasteiger charge is -2.38. The summed E-state index contributed by atoms with van der Waals surface area (Å²) in [6.45, 7) is 15.1. The number of nitrogens with zero attached hydrogens (tertiary/aromatic N) is 5. The van der Waals surface area contributed by atoms with Crippen LogP contribution in [-0.2, 0) is 30.2 Å². The number of nitrogen functional groups attached to an aromatic ring is 2. The Morgan fingerprint density at radius 1 is 0.900 bits per heavy atom. The van der Waals surface area contributed by atoms with Crippen molar-refractivity contribution >= 4 is 52.1 Å². The third kappa shape index (κ3) is 13.1. The number of esters is 1. The number of methoxy groups -OCH3 is 4. The van der Waals surface area contributed by atoms with E-state index < -0.39 is 88.8 Å². The number of ether oxygens (including phenoxy) is 7. The molecule has 5 heterocycles. The molecule has 1 aromatic heterocycles. The van der Waals surface area contributed by atoms with Crippen LogP contribution in [0.4, 0.5) is 17.5 Å². The largest absolute Gasteiger partial charge is 0.507 e. The van der Waals surface area contributed by atoms with Crippen LogP contribution in [0.2, 0.25) is 0 Å². The van der Waals surface area contributed by atoms with Gasteiger partial charge in [-0.3, -0.25) is 19.4 Å². The highest BCUT2D eigenvalue weighted by Crippen LogP contribution is 2.55. The molecule has 1 fully saturated rings. The van der Waals surface area contributed by atoms with Crippen molar-refractivity contribution in [3.05, 3.63) is 82.3 Å². The van der Waals surface area contributed by atoms with Crippen LogP contribution >= 0.6 is 0 Å². The summed E-state index contributed by atoms with van der Waals surface area (Å²) in [6, 6.07) is 3.72. The van der Waals surface area contributed by atoms with Gasteiger partial charge in [0.05, 0.1) is 74.3 Å². The number of rotatable bonds is 9. The predicted molar refractivity (Wildman–Crippen MR) is 300 cm³/mol. The first-order valence-corrected chi connectivity index (χ1v) is 26.0. The summed E-state index contributed by atoms with van der Waals surface area (Å²) in [6.07, 6.45) is 7.00. The Kier molecular flexibility index (Phi) is 19.9. The van der Waals surface area contributed by atoms with Gasteiger partial charge in [-0.05, 0) is 44.7 Å². The van der Waals surface area contributed by atoms with E-state index in [0.717, 1.165) is 24.2 Å². The van der Waals surface area contributed by atoms with Crippen molar-refractivity contribution in [3.8, 4) is 40.2 Å². The maximum Gasteiger partial charge on any atom is 0.312 e. The van der Waals surface area contributed by atoms with Crippen molar-refractivity contribution in [1.29, 1.82) is 0 Å². The Morgan fingerprint density at radius 2 is 1.55 bits per heavy atom. The second-order valence-electron chi connectivity index (χ2n) is 20.5. The number of aliphatic hydroxyl groups excluding tert-OH is 2. The average molecular weight is 1110 g/mol. The maximum atomic E-state index is 14.4. The molecule has 3 aromatic carbocycles. The number of fused-ring (bicyclic) bond motifs is 14. The molecule has 0 aliphatic carbocycles. The summed E-state index contributed by atoms with van der Waals surface area (Å²) < 4.78 is 39.5. The van der Waals surface area contributed by atoms with E-state index in [4.69, 9.17) is 44.6 Å². The highest BCUT2D eigenvalue weighted by Gasteiger charge is 2.50. The van der Waals surface area contributed by atoms with E-state index in [1.165, 1.54) is 59.4 Å². The fraction of sp³-hybridized carbons (Fsp3) is 0.474. The Labute approximate surface area is 465 Å². The SMILES string of the molecule is CO[C@H]1/C=C/O[C@@]2(C)Oc3c(C)c(O)c4c(O)c(c(C=NN5CCN(C)CC5)c(O)c4c3C2=O)NC(=O)/C(C)=C/C=C/[C@H](C)[C@H](O)[C@@H](C)[C@@H](O)[C@@H](C)[C@H](OC(C)=O)[C@@H]1C.COc1cc(Cc2cnc(N)nc2N)cc(OC)c1OC. The summed E-state index contributed by atoms with van der Waals surface area (Å²) in [5.41, 5.74) is 12.7. The fourth-order valence-corrected chi connectivity index (χ4v) is 9.95. The van der Waals surface area contributed by atoms with Gasteiger partial charge in [-0.1, -0.05) is 45.9 Å². The van der Waals surface area contributed by atoms with Crippen LogP contribution in [0.5, 0.6) is 40.2 Å². The molecule has 4 aliphatic rings. The second-order valence-corrected chi connectivity index (χ2v) is 20.5. The summed E-state index contributed by atoms with van der Waals surface area (Å²) in [4.78, 5) is 50.5. The van der Waals surface area contributed by atoms with Gasteiger partial charge in [-0.25, -0.2) is 4.98 Å². The number of nitrogens with two attached hydrogens (primary N) is 2. The summed E-state index contributed by atoms with van der Waals surface area (Å²) >= 11 is 0. The fourth-order valence-electron chi connectivity index (χ4n) is 9.95. The third-order valence-electron chi connectivity index (χ3n) is 14.9. The standard InChI is InChI=1S/C43H58N4O12.C14H18N4O3/c1-21-12-11-13-22(2)42(55)45-33-28(20-44-47-17-15-46(9)16-18-47)37(52)30-31(38(33)53)36(51)26(6)40-32(30)41(54)43(8,59-40)57-19-14-29(56-10)23(3)39(58-27(7)48)25(5)35(50)24(4)34(21)49;1-19-10-5-8(6-11(20-2)12(10)21-3)4-9-7-17-14(16)18-13(9)15/h11-14,19-21,23-25,29,34-35,39,49-53H,15-18H2,1-10H3,(H,45,55);5-7H,4H2,1-3H3,(H4,15,16,17,18)/b12-11+,19-14+,22-13+,44-20?;/t21-,23+,24+,25+,29-,34-,35+,39+,43-;/m0./s1. The minimum atomic E-state index is -2.04. The molecule has 23 heteroatoms. The molecule has 434 valence electrons. The van der Waals surface area contributed by atoms with Gasteiger partial charge in [-0.15, -0.1) is 0 Å². The number of hydrazone groups is 1. The number of aromatic nitrogens is 2. The van der Waals surface area contributed by atoms with Crippen LogP contribution in [0.15, 0.2) is 59.6 Å². The van der Waals surface area contributed by atoms with Crippen molar-refractivity contribution < 1.29 is 73.1 Å². The monoisotopic (exact) mass is 1110 g/mol. The quantitative estimate of drug-likeness (QED) is 0.0438. The zero-order valence-electron chi connectivity index (χ0n) is 47.6. The topological polar surface area (TPSA) is 326 Å². The Balaban J connectivity index is 0.000000410. The molecule has 23 nitrogen and oxygen atoms in total. The van der Waals surface area contributed by atoms with E-state index in [1.54, 1.807) is 72.4 Å². The Hall–Kier alpha value is -7.86. The number of hydrogen-bond donors (Lipinski definition) is 8. The zero-order valence-corrected chi connectivity index (χ0v) is 47.6. The number of carbonyl (C=O) groups excluding carboxylic acids is 3. The van der Waals surface area contributed by atoms with Gasteiger partial charge < -0.3 is 80.4 Å². The van der Waals surface area contributed by atoms with Crippen LogP contribution < -0.4 is 35.7 Å². The lowest BCUT2D eigenvalue weighted by Crippen LogP contribution is -2.46. The molecule has 1 saturated heterocycles. The van der Waals surface area contributed by atoms with E-state index in [-0.39, 0.29) is 50.4 Å². The number of phenols is 3. The molecule has 4 aliphatic heterocycles. The number of hydrogen-bond acceptors (Lipinski definition) is 22. The van der Waals surface area contributed by atoms with Gasteiger partial charge in [0.1, 0.15) is 29.2 Å². The molecule has 0 spiro atoms. The third-order valence-corrected chi connectivity index (χ3v) is 14.9. The number of ketones is 1. The number of benzene rings is 3. The molecule has 80 heavy (non-hydrogen) atoms. The number of piperazine rings is 1. The van der Waals surface area contributed by atoms with Gasteiger partial charge in [0.15, 0.2) is 17.2 Å². The number of Topliss-reactive ketones (excluding diaryl/α,β-unsaturated/α-hetero) is 1. The van der Waals surface area contributed by atoms with Crippen molar-refractivity contribution in [2.45, 2.75) is 92.0 Å². The number of amides is 1. The lowest BCUT2D eigenvalue weighted by molar-refractivity contribution is -0.160. The minimum absolute atomic E-state index is 0.0559. The molecule has 4 aromatic rings. The highest BCUT2D eigenvalue weighted by molar-refractivity contribution is 6.24. The summed E-state index contributed by atoms with van der Waals surface area (Å²) in [7, 11) is 8.12. The van der Waals surface area contributed by atoms with E-state index in [9.17, 15) is 39.9 Å². The smallest absolute Gasteiger partial charge is 0.312 e. The molecular formula is C57H76N8O15. The van der Waals surface area contributed by atoms with Crippen LogP contribution in [-0.4, -0.2) is 161 Å². The first-order valence-electron chi connectivity index (χ1n) is 26.0. The number of likely N-dealkylation sites (N-methyl/N-ethyl adjacent to an activating group) is 1. The average Bonchev–Trinajstić information content (AvgIpc) is 3.91. The zero-order chi connectivity index (χ0) is 59.1. The van der Waals surface area contributed by atoms with Gasteiger partial charge in [0, 0.05) is 106 Å². The number of aliphatic hydroxyl groups is 2. The van der Waals surface area contributed by atoms with E-state index in [1.807, 2.05) is 19.2 Å². The van der Waals surface area contributed by atoms with E-state index in [2.05, 4.69) is 25.3 Å². The minimum Gasteiger partial charge on any atom is -0.507 e. The molecule has 0 radical (unpaired) electrons. The number of anilines is 3. The van der Waals surface area contributed by atoms with Crippen molar-refractivity contribution in [1.82, 2.24) is 19.9 Å². The normalized spacial score (nSPS) is 26.3. The van der Waals surface area contributed by atoms with E-state index >= 15 is 0 Å². The first-order chi connectivity index (χ1) is 37.8.